The van der Waals surface area contributed by atoms with Gasteiger partial charge in [-0.3, -0.25) is 4.57 Å². The van der Waals surface area contributed by atoms with Crippen LogP contribution in [0.1, 0.15) is 19.6 Å². The van der Waals surface area contributed by atoms with E-state index in [1.807, 2.05) is 0 Å². The van der Waals surface area contributed by atoms with E-state index in [2.05, 4.69) is 15.0 Å². The first-order valence-electron chi connectivity index (χ1n) is 6.07. The Hall–Kier alpha value is -1.48. The summed E-state index contributed by atoms with van der Waals surface area (Å²) in [4.78, 5) is 12.1. The zero-order valence-electron chi connectivity index (χ0n) is 10.7. The first-order valence-corrected chi connectivity index (χ1v) is 6.44. The lowest BCUT2D eigenvalue weighted by molar-refractivity contribution is -0.115. The monoisotopic (exact) mass is 299 g/mol. The molecule has 0 spiro atoms. The molecule has 0 aliphatic carbocycles. The number of ether oxygens (including phenoxy) is 1. The summed E-state index contributed by atoms with van der Waals surface area (Å²) < 4.78 is 7.35. The van der Waals surface area contributed by atoms with Gasteiger partial charge in [-0.25, -0.2) is 4.98 Å². The zero-order chi connectivity index (χ0) is 14.5. The third-order valence-electron chi connectivity index (χ3n) is 3.58. The fourth-order valence-electron chi connectivity index (χ4n) is 2.31. The van der Waals surface area contributed by atoms with Crippen LogP contribution in [-0.4, -0.2) is 48.0 Å². The molecule has 3 rings (SSSR count). The number of nitrogens with zero attached hydrogens (tertiary/aromatic N) is 4. The molecular formula is C11H14ClN5O3. The number of nitrogens with two attached hydrogens (primary N) is 1. The number of halogens is 1. The van der Waals surface area contributed by atoms with Crippen LogP contribution < -0.4 is 5.73 Å². The first-order chi connectivity index (χ1) is 9.44. The first kappa shape index (κ1) is 13.5. The number of aromatic nitrogens is 4. The lowest BCUT2D eigenvalue weighted by atomic mass is 10.0. The van der Waals surface area contributed by atoms with Crippen LogP contribution in [0.5, 0.6) is 0 Å². The number of hydrogen-bond donors (Lipinski definition) is 3. The van der Waals surface area contributed by atoms with Crippen molar-refractivity contribution in [3.05, 3.63) is 11.6 Å². The quantitative estimate of drug-likeness (QED) is 0.672. The molecule has 1 saturated heterocycles. The molecule has 0 unspecified atom stereocenters. The number of hydrogen-bond acceptors (Lipinski definition) is 7. The van der Waals surface area contributed by atoms with Crippen molar-refractivity contribution in [2.24, 2.45) is 0 Å². The highest BCUT2D eigenvalue weighted by molar-refractivity contribution is 6.28. The molecule has 20 heavy (non-hydrogen) atoms. The SMILES string of the molecule is C[C@]1(CO)O[C@@H](n2cnc3c(N)nc(Cl)nc32)C[C@@H]1O. The van der Waals surface area contributed by atoms with Gasteiger partial charge in [-0.15, -0.1) is 0 Å². The molecule has 0 bridgehead atoms. The molecule has 0 aromatic carbocycles. The average Bonchev–Trinajstić information content (AvgIpc) is 2.92. The van der Waals surface area contributed by atoms with Gasteiger partial charge in [-0.1, -0.05) is 0 Å². The number of aliphatic hydroxyl groups excluding tert-OH is 2. The highest BCUT2D eigenvalue weighted by atomic mass is 35.5. The Bertz CT molecular complexity index is 663. The predicted octanol–water partition coefficient (Wildman–Crippen LogP) is 0.0927. The van der Waals surface area contributed by atoms with E-state index in [9.17, 15) is 10.2 Å². The normalized spacial score (nSPS) is 30.2. The van der Waals surface area contributed by atoms with Crippen molar-refractivity contribution in [2.45, 2.75) is 31.3 Å². The molecule has 1 fully saturated rings. The van der Waals surface area contributed by atoms with Crippen molar-refractivity contribution < 1.29 is 14.9 Å². The van der Waals surface area contributed by atoms with Crippen molar-refractivity contribution >= 4 is 28.6 Å². The van der Waals surface area contributed by atoms with Crippen molar-refractivity contribution in [3.8, 4) is 0 Å². The molecule has 2 aromatic heterocycles. The topological polar surface area (TPSA) is 119 Å². The highest BCUT2D eigenvalue weighted by Crippen LogP contribution is 2.37. The number of rotatable bonds is 2. The molecule has 1 aliphatic rings. The van der Waals surface area contributed by atoms with Crippen LogP contribution >= 0.6 is 11.6 Å². The third kappa shape index (κ3) is 1.92. The van der Waals surface area contributed by atoms with Crippen LogP contribution in [0.2, 0.25) is 5.28 Å². The van der Waals surface area contributed by atoms with Crippen molar-refractivity contribution in [1.29, 1.82) is 0 Å². The lowest BCUT2D eigenvalue weighted by Gasteiger charge is -2.24. The molecule has 4 N–H and O–H groups in total. The van der Waals surface area contributed by atoms with Crippen LogP contribution in [0.25, 0.3) is 11.2 Å². The molecule has 108 valence electrons. The fourth-order valence-corrected chi connectivity index (χ4v) is 2.48. The standard InChI is InChI=1S/C11H14ClN5O3/c1-11(3-18)5(19)2-6(20-11)17-4-14-7-8(13)15-10(12)16-9(7)17/h4-6,18-19H,2-3H2,1H3,(H2,13,15,16)/t5-,6+,11+/m0/s1. The zero-order valence-corrected chi connectivity index (χ0v) is 11.4. The summed E-state index contributed by atoms with van der Waals surface area (Å²) in [7, 11) is 0. The molecule has 3 atom stereocenters. The Morgan fingerprint density at radius 2 is 2.35 bits per heavy atom. The van der Waals surface area contributed by atoms with Gasteiger partial charge < -0.3 is 20.7 Å². The van der Waals surface area contributed by atoms with Gasteiger partial charge >= 0.3 is 0 Å². The average molecular weight is 300 g/mol. The van der Waals surface area contributed by atoms with Crippen molar-refractivity contribution in [3.63, 3.8) is 0 Å². The summed E-state index contributed by atoms with van der Waals surface area (Å²) in [5.41, 5.74) is 5.58. The van der Waals surface area contributed by atoms with E-state index >= 15 is 0 Å². The van der Waals surface area contributed by atoms with Crippen LogP contribution in [-0.2, 0) is 4.74 Å². The summed E-state index contributed by atoms with van der Waals surface area (Å²) in [6.07, 6.45) is 0.526. The fraction of sp³-hybridized carbons (Fsp3) is 0.545. The second-order valence-electron chi connectivity index (χ2n) is 5.00. The summed E-state index contributed by atoms with van der Waals surface area (Å²) in [6, 6.07) is 0. The number of nitrogen functional groups attached to an aromatic ring is 1. The van der Waals surface area contributed by atoms with Crippen molar-refractivity contribution in [2.75, 3.05) is 12.3 Å². The van der Waals surface area contributed by atoms with Crippen LogP contribution in [0.15, 0.2) is 6.33 Å². The third-order valence-corrected chi connectivity index (χ3v) is 3.75. The van der Waals surface area contributed by atoms with Gasteiger partial charge in [0.2, 0.25) is 5.28 Å². The van der Waals surface area contributed by atoms with Gasteiger partial charge in [-0.05, 0) is 18.5 Å². The van der Waals surface area contributed by atoms with E-state index in [-0.39, 0.29) is 17.7 Å². The van der Waals surface area contributed by atoms with E-state index in [1.54, 1.807) is 11.5 Å². The van der Waals surface area contributed by atoms with Crippen LogP contribution in [0.4, 0.5) is 5.82 Å². The maximum Gasteiger partial charge on any atom is 0.226 e. The molecule has 2 aromatic rings. The Morgan fingerprint density at radius 1 is 1.60 bits per heavy atom. The molecular weight excluding hydrogens is 286 g/mol. The second kappa shape index (κ2) is 4.52. The molecule has 3 heterocycles. The number of imidazole rings is 1. The van der Waals surface area contributed by atoms with Gasteiger partial charge in [0, 0.05) is 6.42 Å². The van der Waals surface area contributed by atoms with Crippen molar-refractivity contribution in [1.82, 2.24) is 19.5 Å². The minimum atomic E-state index is -1.01. The number of anilines is 1. The molecule has 0 saturated carbocycles. The number of fused-ring (bicyclic) bond motifs is 1. The smallest absolute Gasteiger partial charge is 0.226 e. The van der Waals surface area contributed by atoms with E-state index in [0.717, 1.165) is 0 Å². The minimum Gasteiger partial charge on any atom is -0.393 e. The van der Waals surface area contributed by atoms with Crippen LogP contribution in [0.3, 0.4) is 0 Å². The van der Waals surface area contributed by atoms with Gasteiger partial charge in [0.05, 0.1) is 19.0 Å². The van der Waals surface area contributed by atoms with Crippen LogP contribution in [0, 0.1) is 0 Å². The summed E-state index contributed by atoms with van der Waals surface area (Å²) in [5, 5.41) is 19.3. The molecule has 0 amide bonds. The largest absolute Gasteiger partial charge is 0.393 e. The van der Waals surface area contributed by atoms with E-state index in [1.165, 1.54) is 6.33 Å². The summed E-state index contributed by atoms with van der Waals surface area (Å²) >= 11 is 5.80. The molecule has 0 radical (unpaired) electrons. The molecule has 8 nitrogen and oxygen atoms in total. The Kier molecular flexibility index (Phi) is 3.05. The summed E-state index contributed by atoms with van der Waals surface area (Å²) in [5.74, 6) is 0.183. The van der Waals surface area contributed by atoms with Gasteiger partial charge in [0.25, 0.3) is 0 Å². The Morgan fingerprint density at radius 3 is 3.00 bits per heavy atom. The van der Waals surface area contributed by atoms with E-state index in [0.29, 0.717) is 17.6 Å². The maximum atomic E-state index is 10.00. The van der Waals surface area contributed by atoms with Gasteiger partial charge in [0.1, 0.15) is 17.3 Å². The predicted molar refractivity (Wildman–Crippen MR) is 71.0 cm³/mol. The van der Waals surface area contributed by atoms with Gasteiger partial charge in [-0.2, -0.15) is 9.97 Å². The summed E-state index contributed by atoms with van der Waals surface area (Å²) in [6.45, 7) is 1.36. The Labute approximate surface area is 119 Å². The van der Waals surface area contributed by atoms with E-state index in [4.69, 9.17) is 22.1 Å². The highest BCUT2D eigenvalue weighted by Gasteiger charge is 2.45. The molecule has 9 heteroatoms. The minimum absolute atomic E-state index is 0.0141. The van der Waals surface area contributed by atoms with E-state index < -0.39 is 17.9 Å². The second-order valence-corrected chi connectivity index (χ2v) is 5.33. The maximum absolute atomic E-state index is 10.00. The molecule has 1 aliphatic heterocycles. The van der Waals surface area contributed by atoms with Gasteiger partial charge in [0.15, 0.2) is 11.5 Å². The number of aliphatic hydroxyl groups is 2. The lowest BCUT2D eigenvalue weighted by Crippen LogP contribution is -2.39. The Balaban J connectivity index is 2.04.